The van der Waals surface area contributed by atoms with E-state index in [1.165, 1.54) is 11.3 Å². The number of hydrogen-bond acceptors (Lipinski definition) is 5. The lowest BCUT2D eigenvalue weighted by molar-refractivity contribution is -0.119. The molecular formula is C24H27N3O3S2. The molecule has 0 radical (unpaired) electrons. The molecule has 6 nitrogen and oxygen atoms in total. The SMILES string of the molecule is Cc1ccccc1NS(=O)(=O)c1cc(-c2sc(NC(=O)C3CCCC3)nc2C)ccc1C. The van der Waals surface area contributed by atoms with Gasteiger partial charge in [-0.25, -0.2) is 13.4 Å². The number of carbonyl (C=O) groups excluding carboxylic acids is 1. The van der Waals surface area contributed by atoms with E-state index in [0.29, 0.717) is 16.4 Å². The highest BCUT2D eigenvalue weighted by molar-refractivity contribution is 7.92. The highest BCUT2D eigenvalue weighted by Gasteiger charge is 2.24. The second-order valence-corrected chi connectivity index (χ2v) is 11.0. The Bertz CT molecular complexity index is 1260. The van der Waals surface area contributed by atoms with Gasteiger partial charge in [-0.2, -0.15) is 0 Å². The third-order valence-corrected chi connectivity index (χ3v) is 8.51. The minimum Gasteiger partial charge on any atom is -0.302 e. The van der Waals surface area contributed by atoms with E-state index in [-0.39, 0.29) is 16.7 Å². The first-order valence-electron chi connectivity index (χ1n) is 10.7. The Kier molecular flexibility index (Phi) is 6.35. The number of aromatic nitrogens is 1. The molecule has 32 heavy (non-hydrogen) atoms. The van der Waals surface area contributed by atoms with Crippen LogP contribution in [0.1, 0.15) is 42.5 Å². The van der Waals surface area contributed by atoms with Crippen LogP contribution in [0.4, 0.5) is 10.8 Å². The van der Waals surface area contributed by atoms with Gasteiger partial charge in [0, 0.05) is 5.92 Å². The predicted octanol–water partition coefficient (Wildman–Crippen LogP) is 5.66. The zero-order chi connectivity index (χ0) is 22.9. The van der Waals surface area contributed by atoms with Crippen LogP contribution in [0.15, 0.2) is 47.4 Å². The molecular weight excluding hydrogens is 442 g/mol. The highest BCUT2D eigenvalue weighted by Crippen LogP contribution is 2.36. The zero-order valence-electron chi connectivity index (χ0n) is 18.4. The Morgan fingerprint density at radius 1 is 1.03 bits per heavy atom. The maximum Gasteiger partial charge on any atom is 0.262 e. The number of rotatable bonds is 6. The fraction of sp³-hybridized carbons (Fsp3) is 0.333. The van der Waals surface area contributed by atoms with Gasteiger partial charge in [0.2, 0.25) is 5.91 Å². The van der Waals surface area contributed by atoms with Gasteiger partial charge in [-0.15, -0.1) is 0 Å². The summed E-state index contributed by atoms with van der Waals surface area (Å²) in [6, 6.07) is 12.7. The van der Waals surface area contributed by atoms with Crippen molar-refractivity contribution in [2.75, 3.05) is 10.0 Å². The normalized spacial score (nSPS) is 14.5. The third kappa shape index (κ3) is 4.71. The Morgan fingerprint density at radius 3 is 2.47 bits per heavy atom. The van der Waals surface area contributed by atoms with Crippen molar-refractivity contribution in [3.05, 3.63) is 59.3 Å². The molecule has 3 aromatic rings. The lowest BCUT2D eigenvalue weighted by Crippen LogP contribution is -2.20. The van der Waals surface area contributed by atoms with Gasteiger partial charge in [0.25, 0.3) is 10.0 Å². The van der Waals surface area contributed by atoms with Crippen molar-refractivity contribution in [3.63, 3.8) is 0 Å². The summed E-state index contributed by atoms with van der Waals surface area (Å²) in [4.78, 5) is 18.1. The summed E-state index contributed by atoms with van der Waals surface area (Å²) >= 11 is 1.37. The summed E-state index contributed by atoms with van der Waals surface area (Å²) in [7, 11) is -3.77. The molecule has 0 saturated heterocycles. The first kappa shape index (κ1) is 22.5. The van der Waals surface area contributed by atoms with Crippen molar-refractivity contribution >= 4 is 38.1 Å². The molecule has 1 aromatic heterocycles. The van der Waals surface area contributed by atoms with Crippen LogP contribution in [0.3, 0.4) is 0 Å². The topological polar surface area (TPSA) is 88.2 Å². The molecule has 1 amide bonds. The summed E-state index contributed by atoms with van der Waals surface area (Å²) in [5.74, 6) is 0.0868. The van der Waals surface area contributed by atoms with Crippen LogP contribution in [-0.4, -0.2) is 19.3 Å². The van der Waals surface area contributed by atoms with Gasteiger partial charge in [-0.05, 0) is 62.4 Å². The maximum absolute atomic E-state index is 13.2. The van der Waals surface area contributed by atoms with Crippen molar-refractivity contribution in [1.29, 1.82) is 0 Å². The quantitative estimate of drug-likeness (QED) is 0.487. The average Bonchev–Trinajstić information content (AvgIpc) is 3.40. The molecule has 0 aliphatic heterocycles. The van der Waals surface area contributed by atoms with Gasteiger partial charge >= 0.3 is 0 Å². The van der Waals surface area contributed by atoms with Gasteiger partial charge in [0.05, 0.1) is 21.2 Å². The largest absolute Gasteiger partial charge is 0.302 e. The fourth-order valence-electron chi connectivity index (χ4n) is 4.03. The molecule has 8 heteroatoms. The number of sulfonamides is 1. The third-order valence-electron chi connectivity index (χ3n) is 5.88. The van der Waals surface area contributed by atoms with Crippen molar-refractivity contribution < 1.29 is 13.2 Å². The zero-order valence-corrected chi connectivity index (χ0v) is 20.1. The number of amides is 1. The monoisotopic (exact) mass is 469 g/mol. The van der Waals surface area contributed by atoms with E-state index in [4.69, 9.17) is 0 Å². The molecule has 1 heterocycles. The van der Waals surface area contributed by atoms with Gasteiger partial charge in [-0.3, -0.25) is 9.52 Å². The minimum atomic E-state index is -3.77. The number of hydrogen-bond donors (Lipinski definition) is 2. The van der Waals surface area contributed by atoms with E-state index in [9.17, 15) is 13.2 Å². The molecule has 1 fully saturated rings. The van der Waals surface area contributed by atoms with Crippen LogP contribution in [0.5, 0.6) is 0 Å². The fourth-order valence-corrected chi connectivity index (χ4v) is 6.40. The van der Waals surface area contributed by atoms with Gasteiger partial charge in [-0.1, -0.05) is 54.5 Å². The second kappa shape index (κ2) is 9.03. The number of aryl methyl sites for hydroxylation is 3. The molecule has 2 aromatic carbocycles. The number of thiazole rings is 1. The first-order valence-corrected chi connectivity index (χ1v) is 13.0. The number of carbonyl (C=O) groups is 1. The molecule has 1 saturated carbocycles. The number of nitrogens with one attached hydrogen (secondary N) is 2. The summed E-state index contributed by atoms with van der Waals surface area (Å²) in [6.45, 7) is 5.52. The van der Waals surface area contributed by atoms with Crippen LogP contribution in [0.25, 0.3) is 10.4 Å². The van der Waals surface area contributed by atoms with Crippen LogP contribution >= 0.6 is 11.3 Å². The second-order valence-electron chi connectivity index (χ2n) is 8.30. The Morgan fingerprint density at radius 2 is 1.75 bits per heavy atom. The van der Waals surface area contributed by atoms with E-state index in [1.807, 2.05) is 32.0 Å². The molecule has 0 spiro atoms. The van der Waals surface area contributed by atoms with E-state index >= 15 is 0 Å². The summed E-state index contributed by atoms with van der Waals surface area (Å²) in [5.41, 5.74) is 3.59. The van der Waals surface area contributed by atoms with Crippen molar-refractivity contribution in [3.8, 4) is 10.4 Å². The molecule has 0 bridgehead atoms. The van der Waals surface area contributed by atoms with E-state index in [0.717, 1.165) is 47.4 Å². The summed E-state index contributed by atoms with van der Waals surface area (Å²) in [5, 5.41) is 3.50. The Balaban J connectivity index is 1.62. The Labute approximate surface area is 193 Å². The molecule has 0 atom stereocenters. The lowest BCUT2D eigenvalue weighted by atomic mass is 10.1. The molecule has 1 aliphatic carbocycles. The van der Waals surface area contributed by atoms with Crippen molar-refractivity contribution in [1.82, 2.24) is 4.98 Å². The Hall–Kier alpha value is -2.71. The molecule has 0 unspecified atom stereocenters. The summed E-state index contributed by atoms with van der Waals surface area (Å²) in [6.07, 6.45) is 4.04. The first-order chi connectivity index (χ1) is 15.2. The molecule has 4 rings (SSSR count). The lowest BCUT2D eigenvalue weighted by Gasteiger charge is -2.13. The van der Waals surface area contributed by atoms with Gasteiger partial charge < -0.3 is 5.32 Å². The van der Waals surface area contributed by atoms with Crippen LogP contribution in [-0.2, 0) is 14.8 Å². The minimum absolute atomic E-state index is 0.0254. The summed E-state index contributed by atoms with van der Waals surface area (Å²) < 4.78 is 29.0. The van der Waals surface area contributed by atoms with Crippen LogP contribution in [0, 0.1) is 26.7 Å². The van der Waals surface area contributed by atoms with Gasteiger partial charge in [0.15, 0.2) is 5.13 Å². The molecule has 168 valence electrons. The maximum atomic E-state index is 13.2. The number of para-hydroxylation sites is 1. The number of benzene rings is 2. The van der Waals surface area contributed by atoms with Crippen molar-refractivity contribution in [2.45, 2.75) is 51.3 Å². The number of nitrogens with zero attached hydrogens (tertiary/aromatic N) is 1. The smallest absolute Gasteiger partial charge is 0.262 e. The number of anilines is 2. The standard InChI is InChI=1S/C24H27N3O3S2/c1-15-8-4-7-11-20(15)27-32(29,30)21-14-19(13-12-16(21)2)22-17(3)25-24(31-22)26-23(28)18-9-5-6-10-18/h4,7-8,11-14,18,27H,5-6,9-10H2,1-3H3,(H,25,26,28). The predicted molar refractivity (Wildman–Crippen MR) is 130 cm³/mol. The van der Waals surface area contributed by atoms with Crippen molar-refractivity contribution in [2.24, 2.45) is 5.92 Å². The van der Waals surface area contributed by atoms with Crippen LogP contribution in [0.2, 0.25) is 0 Å². The highest BCUT2D eigenvalue weighted by atomic mass is 32.2. The van der Waals surface area contributed by atoms with E-state index < -0.39 is 10.0 Å². The molecule has 2 N–H and O–H groups in total. The van der Waals surface area contributed by atoms with Crippen LogP contribution < -0.4 is 10.0 Å². The average molecular weight is 470 g/mol. The van der Waals surface area contributed by atoms with E-state index in [2.05, 4.69) is 15.0 Å². The van der Waals surface area contributed by atoms with E-state index in [1.54, 1.807) is 31.2 Å². The molecule has 1 aliphatic rings. The van der Waals surface area contributed by atoms with Gasteiger partial charge in [0.1, 0.15) is 0 Å².